The molecule has 7 nitrogen and oxygen atoms in total. The normalized spacial score (nSPS) is 13.2. The number of aryl methyl sites for hydroxylation is 3. The first kappa shape index (κ1) is 20.6. The smallest absolute Gasteiger partial charge is 0.237 e. The monoisotopic (exact) mass is 372 g/mol. The maximum absolute atomic E-state index is 12.5. The predicted molar refractivity (Wildman–Crippen MR) is 103 cm³/mol. The quantitative estimate of drug-likeness (QED) is 0.620. The van der Waals surface area contributed by atoms with Crippen LogP contribution in [0.15, 0.2) is 30.9 Å². The summed E-state index contributed by atoms with van der Waals surface area (Å²) < 4.78 is 1.93. The van der Waals surface area contributed by atoms with Gasteiger partial charge in [-0.1, -0.05) is 0 Å². The van der Waals surface area contributed by atoms with E-state index in [0.717, 1.165) is 29.7 Å². The highest BCUT2D eigenvalue weighted by molar-refractivity contribution is 5.89. The number of aromatic nitrogens is 2. The van der Waals surface area contributed by atoms with Gasteiger partial charge in [-0.15, -0.1) is 0 Å². The van der Waals surface area contributed by atoms with Gasteiger partial charge in [0.05, 0.1) is 18.4 Å². The number of carbonyl (C=O) groups is 2. The van der Waals surface area contributed by atoms with Crippen molar-refractivity contribution in [1.29, 1.82) is 0 Å². The molecule has 1 heterocycles. The van der Waals surface area contributed by atoms with Crippen LogP contribution in [0.1, 0.15) is 36.5 Å². The van der Waals surface area contributed by atoms with Gasteiger partial charge in [-0.05, 0) is 68.9 Å². The van der Waals surface area contributed by atoms with Crippen molar-refractivity contribution >= 4 is 11.7 Å². The van der Waals surface area contributed by atoms with Gasteiger partial charge in [0.15, 0.2) is 5.78 Å². The first-order valence-corrected chi connectivity index (χ1v) is 9.09. The molecule has 1 aromatic heterocycles. The molecule has 0 aliphatic carbocycles. The number of benzene rings is 1. The molecule has 0 aliphatic rings. The molecule has 0 bridgehead atoms. The molecule has 0 spiro atoms. The van der Waals surface area contributed by atoms with Gasteiger partial charge in [0.2, 0.25) is 5.91 Å². The molecule has 0 aliphatic heterocycles. The third-order valence-corrected chi connectivity index (χ3v) is 4.72. The van der Waals surface area contributed by atoms with Gasteiger partial charge in [-0.25, -0.2) is 4.98 Å². The lowest BCUT2D eigenvalue weighted by atomic mass is 9.95. The van der Waals surface area contributed by atoms with Gasteiger partial charge >= 0.3 is 0 Å². The number of carbonyl (C=O) groups excluding carboxylic acids is 2. The van der Waals surface area contributed by atoms with E-state index in [1.165, 1.54) is 6.92 Å². The zero-order valence-electron chi connectivity index (χ0n) is 16.1. The molecular weight excluding hydrogens is 344 g/mol. The van der Waals surface area contributed by atoms with Crippen LogP contribution in [0.5, 0.6) is 5.75 Å². The summed E-state index contributed by atoms with van der Waals surface area (Å²) in [5.41, 5.74) is 8.80. The molecule has 0 fully saturated rings. The minimum atomic E-state index is -0.762. The third-order valence-electron chi connectivity index (χ3n) is 4.72. The summed E-state index contributed by atoms with van der Waals surface area (Å²) in [5.74, 6) is -0.232. The first-order chi connectivity index (χ1) is 12.8. The summed E-state index contributed by atoms with van der Waals surface area (Å²) in [6, 6.07) is 2.00. The summed E-state index contributed by atoms with van der Waals surface area (Å²) >= 11 is 0. The predicted octanol–water partition coefficient (Wildman–Crippen LogP) is 1.63. The fourth-order valence-electron chi connectivity index (χ4n) is 3.16. The maximum Gasteiger partial charge on any atom is 0.237 e. The van der Waals surface area contributed by atoms with Gasteiger partial charge in [0.1, 0.15) is 5.75 Å². The molecule has 4 N–H and O–H groups in total. The van der Waals surface area contributed by atoms with E-state index >= 15 is 0 Å². The molecule has 0 saturated carbocycles. The highest BCUT2D eigenvalue weighted by Gasteiger charge is 2.22. The van der Waals surface area contributed by atoms with Crippen LogP contribution < -0.4 is 11.1 Å². The number of hydrogen-bond donors (Lipinski definition) is 3. The van der Waals surface area contributed by atoms with Crippen molar-refractivity contribution in [3.63, 3.8) is 0 Å². The summed E-state index contributed by atoms with van der Waals surface area (Å²) in [6.07, 6.45) is 6.93. The Bertz CT molecular complexity index is 764. The minimum Gasteiger partial charge on any atom is -0.508 e. The maximum atomic E-state index is 12.5. The van der Waals surface area contributed by atoms with E-state index in [0.29, 0.717) is 12.8 Å². The molecule has 1 unspecified atom stereocenters. The molecule has 1 aromatic carbocycles. The number of amides is 1. The van der Waals surface area contributed by atoms with Crippen molar-refractivity contribution in [2.75, 3.05) is 0 Å². The molecular formula is C20H28N4O3. The van der Waals surface area contributed by atoms with E-state index in [1.807, 2.05) is 24.6 Å². The number of nitrogens with one attached hydrogen (secondary N) is 1. The number of nitrogens with two attached hydrogens (primary N) is 1. The van der Waals surface area contributed by atoms with E-state index in [2.05, 4.69) is 10.3 Å². The van der Waals surface area contributed by atoms with Crippen LogP contribution >= 0.6 is 0 Å². The van der Waals surface area contributed by atoms with E-state index < -0.39 is 12.1 Å². The van der Waals surface area contributed by atoms with Crippen molar-refractivity contribution < 1.29 is 14.7 Å². The Hall–Kier alpha value is -2.67. The van der Waals surface area contributed by atoms with Gasteiger partial charge in [-0.2, -0.15) is 0 Å². The van der Waals surface area contributed by atoms with E-state index in [-0.39, 0.29) is 17.4 Å². The molecule has 1 amide bonds. The third kappa shape index (κ3) is 5.92. The Morgan fingerprint density at radius 2 is 1.96 bits per heavy atom. The Labute approximate surface area is 159 Å². The first-order valence-electron chi connectivity index (χ1n) is 9.09. The van der Waals surface area contributed by atoms with Gasteiger partial charge in [0, 0.05) is 18.9 Å². The highest BCUT2D eigenvalue weighted by Crippen LogP contribution is 2.21. The average Bonchev–Trinajstić information content (AvgIpc) is 3.10. The van der Waals surface area contributed by atoms with Crippen molar-refractivity contribution in [3.8, 4) is 5.75 Å². The second-order valence-corrected chi connectivity index (χ2v) is 6.98. The lowest BCUT2D eigenvalue weighted by Crippen LogP contribution is -2.48. The lowest BCUT2D eigenvalue weighted by Gasteiger charge is -2.20. The fourth-order valence-corrected chi connectivity index (χ4v) is 3.16. The van der Waals surface area contributed by atoms with Crippen molar-refractivity contribution in [1.82, 2.24) is 14.9 Å². The summed E-state index contributed by atoms with van der Waals surface area (Å²) in [6.45, 7) is 5.96. The van der Waals surface area contributed by atoms with Crippen LogP contribution in [0.4, 0.5) is 0 Å². The van der Waals surface area contributed by atoms with Crippen molar-refractivity contribution in [2.45, 2.75) is 58.7 Å². The Kier molecular flexibility index (Phi) is 7.12. The molecule has 2 atom stereocenters. The van der Waals surface area contributed by atoms with E-state index in [9.17, 15) is 14.7 Å². The highest BCUT2D eigenvalue weighted by atomic mass is 16.3. The van der Waals surface area contributed by atoms with E-state index in [1.54, 1.807) is 24.7 Å². The number of imidazole rings is 1. The van der Waals surface area contributed by atoms with Crippen LogP contribution in [0.25, 0.3) is 0 Å². The summed E-state index contributed by atoms with van der Waals surface area (Å²) in [4.78, 5) is 28.4. The standard InChI is InChI=1S/C20H28N4O3/c1-13-9-16(26)10-14(2)17(13)11-18(21)20(27)23-19(15(3)25)5-4-7-24-8-6-22-12-24/h6,8-10,12,18-19,26H,4-5,7,11,21H2,1-3H3,(H,23,27)/t18?,19-/m1/s1. The van der Waals surface area contributed by atoms with Gasteiger partial charge in [0.25, 0.3) is 0 Å². The number of hydrogen-bond acceptors (Lipinski definition) is 5. The summed E-state index contributed by atoms with van der Waals surface area (Å²) in [5, 5.41) is 12.4. The number of phenolic OH excluding ortho intramolecular Hbond substituents is 1. The topological polar surface area (TPSA) is 110 Å². The molecule has 0 radical (unpaired) electrons. The van der Waals surface area contributed by atoms with Gasteiger partial charge in [-0.3, -0.25) is 9.59 Å². The fraction of sp³-hybridized carbons (Fsp3) is 0.450. The molecule has 7 heteroatoms. The molecule has 0 saturated heterocycles. The zero-order valence-corrected chi connectivity index (χ0v) is 16.1. The second kappa shape index (κ2) is 9.32. The lowest BCUT2D eigenvalue weighted by molar-refractivity contribution is -0.127. The van der Waals surface area contributed by atoms with Crippen molar-refractivity contribution in [3.05, 3.63) is 47.5 Å². The Morgan fingerprint density at radius 1 is 1.30 bits per heavy atom. The van der Waals surface area contributed by atoms with Gasteiger partial charge < -0.3 is 20.7 Å². The number of ketones is 1. The number of nitrogens with zero attached hydrogens (tertiary/aromatic N) is 2. The Balaban J connectivity index is 1.93. The van der Waals surface area contributed by atoms with E-state index in [4.69, 9.17) is 5.73 Å². The molecule has 2 aromatic rings. The second-order valence-electron chi connectivity index (χ2n) is 6.98. The number of Topliss-reactive ketones (excluding diaryl/α,β-unsaturated/α-hetero) is 1. The number of aromatic hydroxyl groups is 1. The number of phenols is 1. The molecule has 146 valence electrons. The largest absolute Gasteiger partial charge is 0.508 e. The summed E-state index contributed by atoms with van der Waals surface area (Å²) in [7, 11) is 0. The zero-order chi connectivity index (χ0) is 20.0. The average molecular weight is 372 g/mol. The Morgan fingerprint density at radius 3 is 2.52 bits per heavy atom. The molecule has 27 heavy (non-hydrogen) atoms. The minimum absolute atomic E-state index is 0.0850. The van der Waals surface area contributed by atoms with Crippen LogP contribution in [0.2, 0.25) is 0 Å². The van der Waals surface area contributed by atoms with Crippen LogP contribution in [0.3, 0.4) is 0 Å². The van der Waals surface area contributed by atoms with Crippen LogP contribution in [0, 0.1) is 13.8 Å². The van der Waals surface area contributed by atoms with Crippen LogP contribution in [-0.4, -0.2) is 38.4 Å². The van der Waals surface area contributed by atoms with Crippen molar-refractivity contribution in [2.24, 2.45) is 5.73 Å². The number of rotatable bonds is 9. The molecule has 2 rings (SSSR count). The van der Waals surface area contributed by atoms with Crippen LogP contribution in [-0.2, 0) is 22.6 Å². The SMILES string of the molecule is CC(=O)[C@@H](CCCn1ccnc1)NC(=O)C(N)Cc1c(C)cc(O)cc1C.